The highest BCUT2D eigenvalue weighted by molar-refractivity contribution is 7.80. The highest BCUT2D eigenvalue weighted by atomic mass is 31.1. The van der Waals surface area contributed by atoms with Gasteiger partial charge in [0.15, 0.2) is 8.32 Å². The SMILES string of the molecule is CC(C)C(C)(C)[Si](C)(C)OC[C@H]1CCCN1c1ccccc1P(c1ccccc1)c1ccccc1. The first-order valence-electron chi connectivity index (χ1n) is 13.1. The van der Waals surface area contributed by atoms with Gasteiger partial charge in [-0.25, -0.2) is 0 Å². The minimum atomic E-state index is -1.86. The topological polar surface area (TPSA) is 12.5 Å². The average Bonchev–Trinajstić information content (AvgIpc) is 3.33. The van der Waals surface area contributed by atoms with Gasteiger partial charge in [-0.3, -0.25) is 0 Å². The normalized spacial score (nSPS) is 16.9. The van der Waals surface area contributed by atoms with Gasteiger partial charge in [-0.1, -0.05) is 107 Å². The Morgan fingerprint density at radius 2 is 1.43 bits per heavy atom. The van der Waals surface area contributed by atoms with Crippen molar-refractivity contribution in [2.45, 2.75) is 64.7 Å². The average molecular weight is 504 g/mol. The summed E-state index contributed by atoms with van der Waals surface area (Å²) in [4.78, 5) is 2.66. The van der Waals surface area contributed by atoms with Crippen LogP contribution in [0.2, 0.25) is 18.1 Å². The summed E-state index contributed by atoms with van der Waals surface area (Å²) < 4.78 is 6.86. The van der Waals surface area contributed by atoms with Crippen molar-refractivity contribution in [3.8, 4) is 0 Å². The second-order valence-corrected chi connectivity index (χ2v) is 18.0. The van der Waals surface area contributed by atoms with Crippen LogP contribution in [0.4, 0.5) is 5.69 Å². The molecule has 0 amide bonds. The Morgan fingerprint density at radius 3 is 2.00 bits per heavy atom. The molecule has 3 aromatic rings. The number of hydrogen-bond donors (Lipinski definition) is 0. The van der Waals surface area contributed by atoms with Gasteiger partial charge < -0.3 is 9.33 Å². The smallest absolute Gasteiger partial charge is 0.192 e. The lowest BCUT2D eigenvalue weighted by Gasteiger charge is -2.43. The van der Waals surface area contributed by atoms with E-state index in [2.05, 4.69) is 131 Å². The first kappa shape index (κ1) is 26.1. The largest absolute Gasteiger partial charge is 0.415 e. The molecule has 3 aromatic carbocycles. The summed E-state index contributed by atoms with van der Waals surface area (Å²) in [7, 11) is -2.49. The Morgan fingerprint density at radius 1 is 0.886 bits per heavy atom. The third kappa shape index (κ3) is 5.58. The number of anilines is 1. The van der Waals surface area contributed by atoms with Crippen molar-refractivity contribution in [3.63, 3.8) is 0 Å². The molecule has 0 saturated carbocycles. The van der Waals surface area contributed by atoms with Gasteiger partial charge in [-0.2, -0.15) is 0 Å². The van der Waals surface area contributed by atoms with Crippen LogP contribution in [0.5, 0.6) is 0 Å². The van der Waals surface area contributed by atoms with E-state index >= 15 is 0 Å². The van der Waals surface area contributed by atoms with E-state index in [9.17, 15) is 0 Å². The molecule has 0 spiro atoms. The lowest BCUT2D eigenvalue weighted by Crippen LogP contribution is -2.48. The molecule has 1 fully saturated rings. The van der Waals surface area contributed by atoms with Gasteiger partial charge in [0.25, 0.3) is 0 Å². The Kier molecular flexibility index (Phi) is 8.21. The van der Waals surface area contributed by atoms with Crippen molar-refractivity contribution in [2.75, 3.05) is 18.1 Å². The number of para-hydroxylation sites is 1. The Balaban J connectivity index is 1.66. The van der Waals surface area contributed by atoms with Gasteiger partial charge in [0.2, 0.25) is 0 Å². The van der Waals surface area contributed by atoms with Gasteiger partial charge in [-0.15, -0.1) is 0 Å². The van der Waals surface area contributed by atoms with Crippen LogP contribution in [0.15, 0.2) is 84.9 Å². The zero-order chi connectivity index (χ0) is 25.1. The van der Waals surface area contributed by atoms with Crippen molar-refractivity contribution < 1.29 is 4.43 Å². The van der Waals surface area contributed by atoms with Crippen molar-refractivity contribution in [3.05, 3.63) is 84.9 Å². The molecule has 2 nitrogen and oxygen atoms in total. The van der Waals surface area contributed by atoms with Gasteiger partial charge in [0, 0.05) is 17.5 Å². The Labute approximate surface area is 215 Å². The van der Waals surface area contributed by atoms with Crippen molar-refractivity contribution in [2.24, 2.45) is 5.92 Å². The summed E-state index contributed by atoms with van der Waals surface area (Å²) in [6.45, 7) is 16.2. The zero-order valence-electron chi connectivity index (χ0n) is 22.4. The number of hydrogen-bond acceptors (Lipinski definition) is 2. The van der Waals surface area contributed by atoms with Crippen LogP contribution in [0.25, 0.3) is 0 Å². The van der Waals surface area contributed by atoms with Crippen LogP contribution in [-0.2, 0) is 4.43 Å². The minimum Gasteiger partial charge on any atom is -0.415 e. The molecule has 1 saturated heterocycles. The molecule has 0 aromatic heterocycles. The van der Waals surface area contributed by atoms with Crippen LogP contribution < -0.4 is 20.8 Å². The number of benzene rings is 3. The molecule has 4 heteroatoms. The standard InChI is InChI=1S/C31H42NOPSi/c1-25(2)31(3,4)35(5,6)33-24-26-16-15-23-32(26)29-21-13-14-22-30(29)34(27-17-9-7-10-18-27)28-19-11-8-12-20-28/h7-14,17-22,25-26H,15-16,23-24H2,1-6H3/t26-/m1/s1. The maximum atomic E-state index is 6.86. The Bertz CT molecular complexity index is 1040. The van der Waals surface area contributed by atoms with Gasteiger partial charge in [0.05, 0.1) is 12.6 Å². The van der Waals surface area contributed by atoms with E-state index in [1.54, 1.807) is 0 Å². The minimum absolute atomic E-state index is 0.239. The van der Waals surface area contributed by atoms with Crippen LogP contribution in [0, 0.1) is 5.92 Å². The lowest BCUT2D eigenvalue weighted by molar-refractivity contribution is 0.247. The van der Waals surface area contributed by atoms with Crippen LogP contribution >= 0.6 is 7.92 Å². The third-order valence-corrected chi connectivity index (χ3v) is 15.5. The predicted molar refractivity (Wildman–Crippen MR) is 158 cm³/mol. The summed E-state index contributed by atoms with van der Waals surface area (Å²) >= 11 is 0. The maximum absolute atomic E-state index is 6.86. The molecule has 0 N–H and O–H groups in total. The van der Waals surface area contributed by atoms with E-state index in [0.29, 0.717) is 12.0 Å². The fourth-order valence-corrected chi connectivity index (χ4v) is 9.82. The molecule has 35 heavy (non-hydrogen) atoms. The monoisotopic (exact) mass is 503 g/mol. The molecular formula is C31H42NOPSi. The molecule has 0 bridgehead atoms. The van der Waals surface area contributed by atoms with Gasteiger partial charge in [0.1, 0.15) is 0 Å². The van der Waals surface area contributed by atoms with E-state index < -0.39 is 16.2 Å². The first-order valence-corrected chi connectivity index (χ1v) is 17.4. The van der Waals surface area contributed by atoms with Crippen LogP contribution in [0.3, 0.4) is 0 Å². The molecule has 0 unspecified atom stereocenters. The predicted octanol–water partition coefficient (Wildman–Crippen LogP) is 7.07. The molecule has 0 radical (unpaired) electrons. The van der Waals surface area contributed by atoms with E-state index in [0.717, 1.165) is 13.2 Å². The molecule has 1 atom stereocenters. The third-order valence-electron chi connectivity index (χ3n) is 8.47. The second-order valence-electron chi connectivity index (χ2n) is 11.2. The maximum Gasteiger partial charge on any atom is 0.192 e. The molecule has 0 aliphatic carbocycles. The van der Waals surface area contributed by atoms with E-state index in [-0.39, 0.29) is 5.04 Å². The number of rotatable bonds is 9. The van der Waals surface area contributed by atoms with E-state index in [4.69, 9.17) is 4.43 Å². The molecular weight excluding hydrogens is 461 g/mol. The lowest BCUT2D eigenvalue weighted by atomic mass is 9.99. The highest BCUT2D eigenvalue weighted by Gasteiger charge is 2.44. The summed E-state index contributed by atoms with van der Waals surface area (Å²) in [5.41, 5.74) is 1.39. The summed E-state index contributed by atoms with van der Waals surface area (Å²) in [5.74, 6) is 0.616. The van der Waals surface area contributed by atoms with Crippen molar-refractivity contribution in [1.29, 1.82) is 0 Å². The molecule has 4 rings (SSSR count). The van der Waals surface area contributed by atoms with Crippen molar-refractivity contribution in [1.82, 2.24) is 0 Å². The molecule has 186 valence electrons. The second kappa shape index (κ2) is 11.0. The van der Waals surface area contributed by atoms with Crippen molar-refractivity contribution >= 4 is 37.8 Å². The van der Waals surface area contributed by atoms with Crippen LogP contribution in [-0.4, -0.2) is 27.5 Å². The fourth-order valence-electron chi connectivity index (χ4n) is 4.99. The quantitative estimate of drug-likeness (QED) is 0.229. The van der Waals surface area contributed by atoms with Gasteiger partial charge >= 0.3 is 0 Å². The van der Waals surface area contributed by atoms with E-state index in [1.807, 2.05) is 0 Å². The fraction of sp³-hybridized carbons (Fsp3) is 0.419. The Hall–Kier alpha value is -1.93. The van der Waals surface area contributed by atoms with E-state index in [1.165, 1.54) is 34.4 Å². The van der Waals surface area contributed by atoms with Crippen LogP contribution in [0.1, 0.15) is 40.5 Å². The summed E-state index contributed by atoms with van der Waals surface area (Å²) in [6, 6.07) is 31.7. The zero-order valence-corrected chi connectivity index (χ0v) is 24.3. The first-order chi connectivity index (χ1) is 16.7. The van der Waals surface area contributed by atoms with Gasteiger partial charge in [-0.05, 0) is 61.5 Å². The highest BCUT2D eigenvalue weighted by Crippen LogP contribution is 2.45. The molecule has 1 aliphatic rings. The molecule has 1 aliphatic heterocycles. The summed E-state index contributed by atoms with van der Waals surface area (Å²) in [6.07, 6.45) is 2.43. The molecule has 1 heterocycles. The number of nitrogens with zero attached hydrogens (tertiary/aromatic N) is 1. The summed E-state index contributed by atoms with van der Waals surface area (Å²) in [5, 5.41) is 4.50.